The van der Waals surface area contributed by atoms with Crippen LogP contribution in [0.15, 0.2) is 48.8 Å². The Morgan fingerprint density at radius 3 is 2.70 bits per heavy atom. The molecule has 5 rings (SSSR count). The van der Waals surface area contributed by atoms with E-state index in [1.54, 1.807) is 29.1 Å². The highest BCUT2D eigenvalue weighted by Gasteiger charge is 2.27. The zero-order chi connectivity index (χ0) is 27.1. The van der Waals surface area contributed by atoms with Crippen molar-refractivity contribution in [1.29, 1.82) is 5.26 Å². The Bertz CT molecular complexity index is 1530. The molecular formula is C27H29ClFN7Si. The van der Waals surface area contributed by atoms with E-state index in [1.165, 1.54) is 18.3 Å². The van der Waals surface area contributed by atoms with Gasteiger partial charge in [0.05, 0.1) is 41.4 Å². The molecule has 2 N–H and O–H groups in total. The van der Waals surface area contributed by atoms with Gasteiger partial charge in [0.25, 0.3) is 0 Å². The van der Waals surface area contributed by atoms with E-state index in [2.05, 4.69) is 51.6 Å². The van der Waals surface area contributed by atoms with E-state index in [0.717, 1.165) is 25.4 Å². The fourth-order valence-corrected chi connectivity index (χ4v) is 5.27. The maximum Gasteiger partial charge on any atom is 0.123 e. The first kappa shape index (κ1) is 23.9. The van der Waals surface area contributed by atoms with Crippen molar-refractivity contribution in [3.63, 3.8) is 0 Å². The molecule has 0 saturated heterocycles. The molecule has 1 aliphatic rings. The molecule has 10 heteroatoms. The third-order valence-corrected chi connectivity index (χ3v) is 8.35. The van der Waals surface area contributed by atoms with Crippen LogP contribution in [-0.4, -0.2) is 34.6 Å². The number of nitrogens with zero attached hydrogens (tertiary/aromatic N) is 5. The van der Waals surface area contributed by atoms with E-state index < -0.39 is 19.9 Å². The van der Waals surface area contributed by atoms with Gasteiger partial charge in [-0.05, 0) is 48.7 Å². The number of aromatic nitrogens is 4. The Hall–Kier alpha value is -3.48. The summed E-state index contributed by atoms with van der Waals surface area (Å²) in [4.78, 5) is 4.43. The first-order valence-electron chi connectivity index (χ1n) is 12.8. The molecule has 190 valence electrons. The molecule has 7 nitrogen and oxygen atoms in total. The molecule has 37 heavy (non-hydrogen) atoms. The fraction of sp³-hybridized carbons (Fsp3) is 0.333. The van der Waals surface area contributed by atoms with Crippen molar-refractivity contribution in [3.8, 4) is 6.07 Å². The number of nitriles is 1. The SMILES string of the molecule is [2H][C@@](Nc1cc(Cl)c2ncc(C#N)c(NCC[Si](C)(C)C)c2c1)(c1ccc(F)cc1)c1cn(C2CC2)nn1. The summed E-state index contributed by atoms with van der Waals surface area (Å²) in [5, 5.41) is 26.1. The van der Waals surface area contributed by atoms with Gasteiger partial charge >= 0.3 is 0 Å². The van der Waals surface area contributed by atoms with Crippen LogP contribution in [0.4, 0.5) is 15.8 Å². The zero-order valence-corrected chi connectivity index (χ0v) is 22.8. The predicted molar refractivity (Wildman–Crippen MR) is 148 cm³/mol. The summed E-state index contributed by atoms with van der Waals surface area (Å²) in [6.07, 6.45) is 5.35. The normalized spacial score (nSPS) is 15.6. The van der Waals surface area contributed by atoms with Crippen LogP contribution in [0.25, 0.3) is 10.9 Å². The Labute approximate surface area is 223 Å². The van der Waals surface area contributed by atoms with Gasteiger partial charge in [-0.15, -0.1) is 5.10 Å². The van der Waals surface area contributed by atoms with Crippen molar-refractivity contribution in [1.82, 2.24) is 20.0 Å². The fourth-order valence-electron chi connectivity index (χ4n) is 4.12. The molecule has 0 spiro atoms. The third kappa shape index (κ3) is 5.76. The topological polar surface area (TPSA) is 91.5 Å². The average Bonchev–Trinajstić information content (AvgIpc) is 3.59. The third-order valence-electron chi connectivity index (χ3n) is 6.31. The molecular weight excluding hydrogens is 505 g/mol. The minimum absolute atomic E-state index is 0.295. The first-order valence-corrected chi connectivity index (χ1v) is 16.4. The van der Waals surface area contributed by atoms with Crippen LogP contribution in [0, 0.1) is 17.1 Å². The van der Waals surface area contributed by atoms with Gasteiger partial charge in [-0.1, -0.05) is 48.6 Å². The standard InChI is InChI=1S/C27H29ClFN7Si/c1-37(2,3)11-10-31-25-18(14-30)15-32-27-22(25)12-20(13-23(27)28)33-26(17-4-6-19(29)7-5-17)24-16-36(35-34-24)21-8-9-21/h4-7,12-13,15-16,21,26,33H,8-11H2,1-3H3,(H,31,32)/t26-/m1/s1/i26D. The molecule has 2 aromatic carbocycles. The van der Waals surface area contributed by atoms with E-state index in [-0.39, 0.29) is 0 Å². The highest BCUT2D eigenvalue weighted by Crippen LogP contribution is 2.37. The molecule has 1 saturated carbocycles. The van der Waals surface area contributed by atoms with E-state index >= 15 is 0 Å². The van der Waals surface area contributed by atoms with Crippen molar-refractivity contribution in [3.05, 3.63) is 76.5 Å². The summed E-state index contributed by atoms with van der Waals surface area (Å²) in [7, 11) is -1.31. The van der Waals surface area contributed by atoms with Gasteiger partial charge in [-0.2, -0.15) is 5.26 Å². The average molecular weight is 535 g/mol. The Morgan fingerprint density at radius 2 is 2.03 bits per heavy atom. The number of hydrogen-bond acceptors (Lipinski definition) is 6. The van der Waals surface area contributed by atoms with Crippen molar-refractivity contribution in [2.45, 2.75) is 50.6 Å². The Kier molecular flexibility index (Phi) is 6.53. The molecule has 0 unspecified atom stereocenters. The number of nitrogens with one attached hydrogen (secondary N) is 2. The molecule has 0 aliphatic heterocycles. The number of rotatable bonds is 9. The quantitative estimate of drug-likeness (QED) is 0.230. The molecule has 4 aromatic rings. The number of benzene rings is 2. The van der Waals surface area contributed by atoms with Crippen LogP contribution < -0.4 is 10.6 Å². The highest BCUT2D eigenvalue weighted by atomic mass is 35.5. The second kappa shape index (κ2) is 10.1. The van der Waals surface area contributed by atoms with Crippen molar-refractivity contribution in [2.24, 2.45) is 0 Å². The van der Waals surface area contributed by atoms with Gasteiger partial charge in [0.15, 0.2) is 0 Å². The Balaban J connectivity index is 1.58. The number of pyridine rings is 1. The summed E-state index contributed by atoms with van der Waals surface area (Å²) in [6.45, 7) is 7.62. The van der Waals surface area contributed by atoms with Gasteiger partial charge in [0.2, 0.25) is 0 Å². The maximum absolute atomic E-state index is 13.8. The number of halogens is 2. The van der Waals surface area contributed by atoms with E-state index in [9.17, 15) is 11.0 Å². The molecule has 1 atom stereocenters. The molecule has 1 fully saturated rings. The van der Waals surface area contributed by atoms with Crippen LogP contribution >= 0.6 is 11.6 Å². The lowest BCUT2D eigenvalue weighted by Gasteiger charge is -2.21. The summed E-state index contributed by atoms with van der Waals surface area (Å²) in [6, 6.07) is 11.3. The van der Waals surface area contributed by atoms with Crippen LogP contribution in [-0.2, 0) is 0 Å². The first-order chi connectivity index (χ1) is 18.1. The lowest BCUT2D eigenvalue weighted by atomic mass is 10.0. The van der Waals surface area contributed by atoms with Crippen LogP contribution in [0.5, 0.6) is 0 Å². The van der Waals surface area contributed by atoms with Gasteiger partial charge in [0, 0.05) is 31.9 Å². The number of hydrogen-bond donors (Lipinski definition) is 2. The maximum atomic E-state index is 13.8. The number of anilines is 2. The van der Waals surface area contributed by atoms with Crippen molar-refractivity contribution in [2.75, 3.05) is 17.2 Å². The van der Waals surface area contributed by atoms with Gasteiger partial charge in [0.1, 0.15) is 17.6 Å². The summed E-state index contributed by atoms with van der Waals surface area (Å²) in [5.74, 6) is -0.393. The zero-order valence-electron chi connectivity index (χ0n) is 22.0. The largest absolute Gasteiger partial charge is 0.384 e. The minimum atomic E-state index is -1.58. The molecule has 0 radical (unpaired) electrons. The van der Waals surface area contributed by atoms with Gasteiger partial charge in [-0.25, -0.2) is 9.07 Å². The van der Waals surface area contributed by atoms with Crippen molar-refractivity contribution < 1.29 is 5.76 Å². The van der Waals surface area contributed by atoms with Gasteiger partial charge in [-0.3, -0.25) is 4.98 Å². The van der Waals surface area contributed by atoms with Crippen LogP contribution in [0.1, 0.15) is 43.1 Å². The molecule has 0 amide bonds. The van der Waals surface area contributed by atoms with Gasteiger partial charge < -0.3 is 10.6 Å². The predicted octanol–water partition coefficient (Wildman–Crippen LogP) is 6.78. The Morgan fingerprint density at radius 1 is 1.27 bits per heavy atom. The monoisotopic (exact) mass is 534 g/mol. The van der Waals surface area contributed by atoms with Crippen molar-refractivity contribution >= 4 is 42.0 Å². The summed E-state index contributed by atoms with van der Waals surface area (Å²) < 4.78 is 25.1. The van der Waals surface area contributed by atoms with E-state index in [4.69, 9.17) is 11.6 Å². The second-order valence-electron chi connectivity index (χ2n) is 10.6. The molecule has 2 heterocycles. The molecule has 2 aromatic heterocycles. The number of fused-ring (bicyclic) bond motifs is 1. The highest BCUT2D eigenvalue weighted by molar-refractivity contribution is 6.76. The smallest absolute Gasteiger partial charge is 0.123 e. The second-order valence-corrected chi connectivity index (χ2v) is 16.6. The lowest BCUT2D eigenvalue weighted by molar-refractivity contribution is 0.610. The van der Waals surface area contributed by atoms with E-state index in [0.29, 0.717) is 50.2 Å². The lowest BCUT2D eigenvalue weighted by Crippen LogP contribution is -2.23. The summed E-state index contributed by atoms with van der Waals surface area (Å²) >= 11 is 6.68. The van der Waals surface area contributed by atoms with Crippen LogP contribution in [0.3, 0.4) is 0 Å². The molecule has 1 aliphatic carbocycles. The summed E-state index contributed by atoms with van der Waals surface area (Å²) in [5.41, 5.74) is 3.05. The van der Waals surface area contributed by atoms with E-state index in [1.807, 2.05) is 6.07 Å². The van der Waals surface area contributed by atoms with Crippen LogP contribution in [0.2, 0.25) is 30.7 Å². The molecule has 0 bridgehead atoms. The minimum Gasteiger partial charge on any atom is -0.384 e.